The van der Waals surface area contributed by atoms with Gasteiger partial charge in [0.25, 0.3) is 0 Å². The van der Waals surface area contributed by atoms with Crippen LogP contribution in [-0.2, 0) is 32.8 Å². The Bertz CT molecular complexity index is 381. The Morgan fingerprint density at radius 2 is 1.81 bits per heavy atom. The molecule has 1 aliphatic heterocycles. The Morgan fingerprint density at radius 1 is 0.952 bits per heavy atom. The molecule has 2 bridgehead atoms. The smallest absolute Gasteiger partial charge is 0.172 e. The predicted molar refractivity (Wildman–Crippen MR) is 77.1 cm³/mol. The van der Waals surface area contributed by atoms with E-state index in [0.717, 1.165) is 19.3 Å². The van der Waals surface area contributed by atoms with Gasteiger partial charge in [-0.05, 0) is 35.9 Å². The number of unbranched alkanes of at least 4 members (excludes halogenated alkanes) is 5. The Morgan fingerprint density at radius 3 is 2.71 bits per heavy atom. The van der Waals surface area contributed by atoms with Crippen molar-refractivity contribution in [3.8, 4) is 5.75 Å². The SMILES string of the molecule is CCCCCCCCc1c2cccc1OOOOOCC2. The fourth-order valence-electron chi connectivity index (χ4n) is 2.56. The van der Waals surface area contributed by atoms with Crippen molar-refractivity contribution in [2.24, 2.45) is 0 Å². The van der Waals surface area contributed by atoms with Gasteiger partial charge in [-0.15, -0.1) is 0 Å². The van der Waals surface area contributed by atoms with Crippen LogP contribution in [0.15, 0.2) is 18.2 Å². The molecule has 0 saturated carbocycles. The van der Waals surface area contributed by atoms with Gasteiger partial charge in [0.15, 0.2) is 5.75 Å². The highest BCUT2D eigenvalue weighted by atomic mass is 17.8. The van der Waals surface area contributed by atoms with Crippen molar-refractivity contribution in [1.29, 1.82) is 0 Å². The monoisotopic (exact) mass is 296 g/mol. The topological polar surface area (TPSA) is 46.2 Å². The molecule has 118 valence electrons. The van der Waals surface area contributed by atoms with Crippen LogP contribution in [-0.4, -0.2) is 6.61 Å². The van der Waals surface area contributed by atoms with Crippen molar-refractivity contribution in [3.63, 3.8) is 0 Å². The zero-order chi connectivity index (χ0) is 14.8. The van der Waals surface area contributed by atoms with Crippen molar-refractivity contribution < 1.29 is 24.9 Å². The lowest BCUT2D eigenvalue weighted by Crippen LogP contribution is -2.10. The highest BCUT2D eigenvalue weighted by Crippen LogP contribution is 2.26. The van der Waals surface area contributed by atoms with E-state index < -0.39 is 0 Å². The molecule has 0 fully saturated rings. The average Bonchev–Trinajstić information content (AvgIpc) is 2.50. The number of fused-ring (bicyclic) bond motifs is 2. The van der Waals surface area contributed by atoms with Crippen LogP contribution in [0.4, 0.5) is 0 Å². The van der Waals surface area contributed by atoms with E-state index in [-0.39, 0.29) is 0 Å². The lowest BCUT2D eigenvalue weighted by Gasteiger charge is -2.15. The molecule has 0 atom stereocenters. The second-order valence-electron chi connectivity index (χ2n) is 5.27. The van der Waals surface area contributed by atoms with Crippen LogP contribution in [0.25, 0.3) is 0 Å². The lowest BCUT2D eigenvalue weighted by molar-refractivity contribution is -0.691. The van der Waals surface area contributed by atoms with E-state index in [1.165, 1.54) is 43.2 Å². The summed E-state index contributed by atoms with van der Waals surface area (Å²) in [7, 11) is 0. The molecule has 1 aliphatic rings. The summed E-state index contributed by atoms with van der Waals surface area (Å²) in [6, 6.07) is 5.91. The molecule has 0 aromatic heterocycles. The van der Waals surface area contributed by atoms with Gasteiger partial charge in [0, 0.05) is 15.6 Å². The maximum absolute atomic E-state index is 5.12. The first-order valence-electron chi connectivity index (χ1n) is 7.82. The van der Waals surface area contributed by atoms with Crippen LogP contribution in [0.2, 0.25) is 0 Å². The molecule has 5 nitrogen and oxygen atoms in total. The van der Waals surface area contributed by atoms with E-state index in [4.69, 9.17) is 9.78 Å². The van der Waals surface area contributed by atoms with E-state index in [9.17, 15) is 0 Å². The van der Waals surface area contributed by atoms with Gasteiger partial charge in [0.05, 0.1) is 6.61 Å². The van der Waals surface area contributed by atoms with Crippen molar-refractivity contribution in [2.45, 2.75) is 58.3 Å². The van der Waals surface area contributed by atoms with Gasteiger partial charge in [0.1, 0.15) is 0 Å². The summed E-state index contributed by atoms with van der Waals surface area (Å²) >= 11 is 0. The van der Waals surface area contributed by atoms with Gasteiger partial charge < -0.3 is 4.89 Å². The molecule has 0 N–H and O–H groups in total. The summed E-state index contributed by atoms with van der Waals surface area (Å²) in [5.41, 5.74) is 2.37. The summed E-state index contributed by atoms with van der Waals surface area (Å²) in [6.07, 6.45) is 9.34. The summed E-state index contributed by atoms with van der Waals surface area (Å²) < 4.78 is 0. The highest BCUT2D eigenvalue weighted by molar-refractivity contribution is 5.40. The summed E-state index contributed by atoms with van der Waals surface area (Å²) in [6.45, 7) is 2.65. The summed E-state index contributed by atoms with van der Waals surface area (Å²) in [4.78, 5) is 9.93. The maximum Gasteiger partial charge on any atom is 0.172 e. The Kier molecular flexibility index (Phi) is 7.53. The van der Waals surface area contributed by atoms with E-state index >= 15 is 0 Å². The minimum absolute atomic E-state index is 0.413. The number of hydrogen-bond acceptors (Lipinski definition) is 5. The fourth-order valence-corrected chi connectivity index (χ4v) is 2.56. The first-order chi connectivity index (χ1) is 10.4. The van der Waals surface area contributed by atoms with Crippen LogP contribution in [0.1, 0.15) is 56.6 Å². The zero-order valence-corrected chi connectivity index (χ0v) is 12.6. The van der Waals surface area contributed by atoms with Crippen LogP contribution in [0.5, 0.6) is 5.75 Å². The van der Waals surface area contributed by atoms with Gasteiger partial charge in [-0.25, -0.2) is 4.89 Å². The molecule has 1 aromatic carbocycles. The lowest BCUT2D eigenvalue weighted by atomic mass is 9.98. The molecule has 0 unspecified atom stereocenters. The third-order valence-corrected chi connectivity index (χ3v) is 3.69. The fraction of sp³-hybridized carbons (Fsp3) is 0.625. The second kappa shape index (κ2) is 9.73. The molecule has 1 aromatic rings. The molecule has 0 aliphatic carbocycles. The van der Waals surface area contributed by atoms with Crippen LogP contribution < -0.4 is 4.89 Å². The van der Waals surface area contributed by atoms with E-state index in [2.05, 4.69) is 28.1 Å². The third-order valence-electron chi connectivity index (χ3n) is 3.69. The number of benzene rings is 1. The van der Waals surface area contributed by atoms with Crippen LogP contribution >= 0.6 is 0 Å². The first-order valence-corrected chi connectivity index (χ1v) is 7.82. The standard InChI is InChI=1S/C16H24O5/c1-2-3-4-5-6-7-10-15-14-9-8-11-16(15)18-20-21-19-17-13-12-14/h8-9,11H,2-7,10,12-13H2,1H3. The number of hydrogen-bond donors (Lipinski definition) is 0. The quantitative estimate of drug-likeness (QED) is 0.556. The molecule has 21 heavy (non-hydrogen) atoms. The Labute approximate surface area is 125 Å². The van der Waals surface area contributed by atoms with E-state index in [1.54, 1.807) is 0 Å². The molecule has 0 spiro atoms. The maximum atomic E-state index is 5.12. The predicted octanol–water partition coefficient (Wildman–Crippen LogP) is 4.25. The largest absolute Gasteiger partial charge is 0.306 e. The van der Waals surface area contributed by atoms with Crippen LogP contribution in [0, 0.1) is 0 Å². The van der Waals surface area contributed by atoms with Crippen LogP contribution in [0.3, 0.4) is 0 Å². The third kappa shape index (κ3) is 5.63. The average molecular weight is 296 g/mol. The first kappa shape index (κ1) is 16.2. The minimum Gasteiger partial charge on any atom is -0.306 e. The van der Waals surface area contributed by atoms with Crippen molar-refractivity contribution >= 4 is 0 Å². The molecular weight excluding hydrogens is 272 g/mol. The van der Waals surface area contributed by atoms with E-state index in [0.29, 0.717) is 12.4 Å². The molecule has 5 heteroatoms. The number of rotatable bonds is 7. The second-order valence-corrected chi connectivity index (χ2v) is 5.27. The summed E-state index contributed by atoms with van der Waals surface area (Å²) in [5.74, 6) is 0.687. The van der Waals surface area contributed by atoms with Crippen molar-refractivity contribution in [1.82, 2.24) is 0 Å². The van der Waals surface area contributed by atoms with Gasteiger partial charge in [-0.1, -0.05) is 51.2 Å². The van der Waals surface area contributed by atoms with Crippen molar-refractivity contribution in [2.75, 3.05) is 6.61 Å². The van der Waals surface area contributed by atoms with Crippen molar-refractivity contribution in [3.05, 3.63) is 29.3 Å². The molecule has 0 amide bonds. The van der Waals surface area contributed by atoms with Gasteiger partial charge in [0.2, 0.25) is 0 Å². The minimum atomic E-state index is 0.413. The molecule has 1 heterocycles. The van der Waals surface area contributed by atoms with Gasteiger partial charge >= 0.3 is 0 Å². The molecular formula is C16H24O5. The Hall–Kier alpha value is -1.14. The Balaban J connectivity index is 1.91. The normalized spacial score (nSPS) is 15.5. The van der Waals surface area contributed by atoms with E-state index in [1.807, 2.05) is 12.1 Å². The van der Waals surface area contributed by atoms with Gasteiger partial charge in [-0.2, -0.15) is 0 Å². The molecule has 0 saturated heterocycles. The summed E-state index contributed by atoms with van der Waals surface area (Å²) in [5, 5.41) is 13.1. The highest BCUT2D eigenvalue weighted by Gasteiger charge is 2.13. The molecule has 0 radical (unpaired) electrons. The van der Waals surface area contributed by atoms with Gasteiger partial charge in [-0.3, -0.25) is 0 Å². The zero-order valence-electron chi connectivity index (χ0n) is 12.6. The molecule has 2 rings (SSSR count).